The summed E-state index contributed by atoms with van der Waals surface area (Å²) in [7, 11) is 1.28. The number of nitrogens with zero attached hydrogens (tertiary/aromatic N) is 1. The Kier molecular flexibility index (Phi) is 6.12. The number of carbonyl (C=O) groups is 2. The normalized spacial score (nSPS) is 16.8. The molecule has 36 heavy (non-hydrogen) atoms. The third kappa shape index (κ3) is 4.38. The summed E-state index contributed by atoms with van der Waals surface area (Å²) in [5, 5.41) is 2.15. The van der Waals surface area contributed by atoms with Crippen molar-refractivity contribution in [3.8, 4) is 0 Å². The van der Waals surface area contributed by atoms with Gasteiger partial charge in [-0.2, -0.15) is 0 Å². The number of esters is 1. The molecule has 1 aliphatic rings. The summed E-state index contributed by atoms with van der Waals surface area (Å²) in [6.07, 6.45) is -0.284. The van der Waals surface area contributed by atoms with Crippen LogP contribution < -0.4 is 10.9 Å². The molecule has 4 aromatic rings. The van der Waals surface area contributed by atoms with Crippen molar-refractivity contribution >= 4 is 34.4 Å². The van der Waals surface area contributed by atoms with Crippen molar-refractivity contribution in [2.75, 3.05) is 12.5 Å². The number of cyclic esters (lactones) is 1. The second-order valence-corrected chi connectivity index (χ2v) is 8.67. The summed E-state index contributed by atoms with van der Waals surface area (Å²) >= 11 is 0. The van der Waals surface area contributed by atoms with Gasteiger partial charge in [-0.15, -0.1) is 0 Å². The molecule has 0 bridgehead atoms. The molecule has 180 valence electrons. The molecule has 4 aromatic carbocycles. The number of aliphatic imine (C=N–C) groups is 1. The Hall–Kier alpha value is -4.65. The number of nitrogens with one attached hydrogen (secondary N) is 2. The number of benzene rings is 4. The molecule has 0 saturated heterocycles. The van der Waals surface area contributed by atoms with E-state index < -0.39 is 17.6 Å². The number of aryl methyl sites for hydroxylation is 1. The lowest BCUT2D eigenvalue weighted by atomic mass is 9.83. The van der Waals surface area contributed by atoms with E-state index in [0.717, 1.165) is 27.5 Å². The maximum Gasteiger partial charge on any atom is 0.425 e. The van der Waals surface area contributed by atoms with Crippen LogP contribution in [0.15, 0.2) is 96.0 Å². The Morgan fingerprint density at radius 2 is 1.67 bits per heavy atom. The predicted octanol–water partition coefficient (Wildman–Crippen LogP) is 5.27. The molecular weight excluding hydrogens is 454 g/mol. The summed E-state index contributed by atoms with van der Waals surface area (Å²) in [6.45, 7) is 2.00. The average Bonchev–Trinajstić information content (AvgIpc) is 3.24. The zero-order chi connectivity index (χ0) is 25.1. The Labute approximate surface area is 208 Å². The molecule has 0 radical (unpaired) electrons. The lowest BCUT2D eigenvalue weighted by Crippen LogP contribution is -2.34. The van der Waals surface area contributed by atoms with E-state index in [0.29, 0.717) is 23.6 Å². The molecule has 1 atom stereocenters. The second-order valence-electron chi connectivity index (χ2n) is 8.67. The van der Waals surface area contributed by atoms with Crippen molar-refractivity contribution in [3.63, 3.8) is 0 Å². The second kappa shape index (κ2) is 9.54. The van der Waals surface area contributed by atoms with Gasteiger partial charge in [-0.25, -0.2) is 20.0 Å². The zero-order valence-electron chi connectivity index (χ0n) is 19.9. The van der Waals surface area contributed by atoms with E-state index >= 15 is 0 Å². The minimum atomic E-state index is -1.27. The highest BCUT2D eigenvalue weighted by Gasteiger charge is 2.48. The molecule has 0 spiro atoms. The van der Waals surface area contributed by atoms with E-state index in [9.17, 15) is 9.59 Å². The van der Waals surface area contributed by atoms with Crippen molar-refractivity contribution in [2.45, 2.75) is 18.9 Å². The monoisotopic (exact) mass is 479 g/mol. The number of amides is 1. The summed E-state index contributed by atoms with van der Waals surface area (Å²) in [5.41, 5.74) is 8.08. The maximum absolute atomic E-state index is 13.6. The molecule has 7 heteroatoms. The smallest absolute Gasteiger partial charge is 0.425 e. The van der Waals surface area contributed by atoms with Crippen LogP contribution in [0.5, 0.6) is 0 Å². The first kappa shape index (κ1) is 23.1. The first-order valence-corrected chi connectivity index (χ1v) is 11.5. The van der Waals surface area contributed by atoms with Crippen LogP contribution in [-0.2, 0) is 26.2 Å². The summed E-state index contributed by atoms with van der Waals surface area (Å²) < 4.78 is 10.4. The van der Waals surface area contributed by atoms with Gasteiger partial charge in [0, 0.05) is 12.0 Å². The molecule has 1 heterocycles. The van der Waals surface area contributed by atoms with Gasteiger partial charge in [0.25, 0.3) is 0 Å². The predicted molar refractivity (Wildman–Crippen MR) is 139 cm³/mol. The van der Waals surface area contributed by atoms with E-state index in [1.54, 1.807) is 12.1 Å². The molecule has 0 fully saturated rings. The highest BCUT2D eigenvalue weighted by atomic mass is 16.6. The van der Waals surface area contributed by atoms with E-state index in [4.69, 9.17) is 9.73 Å². The molecule has 0 aliphatic carbocycles. The van der Waals surface area contributed by atoms with Gasteiger partial charge in [0.2, 0.25) is 5.90 Å². The van der Waals surface area contributed by atoms with Crippen molar-refractivity contribution < 1.29 is 19.1 Å². The summed E-state index contributed by atoms with van der Waals surface area (Å²) in [4.78, 5) is 29.9. The number of anilines is 1. The van der Waals surface area contributed by atoms with E-state index in [1.165, 1.54) is 7.11 Å². The minimum absolute atomic E-state index is 0.301. The van der Waals surface area contributed by atoms with E-state index in [2.05, 4.69) is 21.7 Å². The number of fused-ring (bicyclic) bond motifs is 1. The van der Waals surface area contributed by atoms with Gasteiger partial charge in [-0.1, -0.05) is 72.3 Å². The van der Waals surface area contributed by atoms with Crippen molar-refractivity contribution in [3.05, 3.63) is 113 Å². The van der Waals surface area contributed by atoms with Crippen LogP contribution in [0, 0.1) is 6.92 Å². The van der Waals surface area contributed by atoms with Crippen molar-refractivity contribution in [2.24, 2.45) is 4.99 Å². The van der Waals surface area contributed by atoms with Crippen molar-refractivity contribution in [1.82, 2.24) is 5.43 Å². The zero-order valence-corrected chi connectivity index (χ0v) is 19.9. The number of hydrazine groups is 1. The summed E-state index contributed by atoms with van der Waals surface area (Å²) in [6, 6.07) is 29.0. The first-order valence-electron chi connectivity index (χ1n) is 11.5. The Morgan fingerprint density at radius 1 is 0.944 bits per heavy atom. The SMILES string of the molecule is COC(=O)NNc1ccc([C@@]2(Cc3cccc4ccccc34)N=C(c3ccc(C)cc3)OC2=O)cc1. The van der Waals surface area contributed by atoms with Gasteiger partial charge in [-0.05, 0) is 53.1 Å². The van der Waals surface area contributed by atoms with Crippen LogP contribution in [0.4, 0.5) is 10.5 Å². The molecule has 0 saturated carbocycles. The fourth-order valence-corrected chi connectivity index (χ4v) is 4.36. The number of hydrogen-bond acceptors (Lipinski definition) is 6. The molecular formula is C29H25N3O4. The molecule has 1 aliphatic heterocycles. The summed E-state index contributed by atoms with van der Waals surface area (Å²) in [5.74, 6) is -0.130. The number of hydrogen-bond donors (Lipinski definition) is 2. The fraction of sp³-hybridized carbons (Fsp3) is 0.138. The standard InChI is InChI=1S/C29H25N3O4/c1-19-10-12-21(13-11-19)26-30-29(27(33)36-26,18-22-8-5-7-20-6-3-4-9-25(20)22)23-14-16-24(17-15-23)31-32-28(34)35-2/h3-17,31H,18H2,1-2H3,(H,32,34)/t29-/m1/s1. The number of methoxy groups -OCH3 is 1. The van der Waals surface area contributed by atoms with Gasteiger partial charge >= 0.3 is 12.1 Å². The average molecular weight is 480 g/mol. The largest absolute Gasteiger partial charge is 0.452 e. The van der Waals surface area contributed by atoms with Crippen LogP contribution in [-0.4, -0.2) is 25.1 Å². The molecule has 1 amide bonds. The van der Waals surface area contributed by atoms with E-state index in [-0.39, 0.29) is 0 Å². The van der Waals surface area contributed by atoms with Crippen molar-refractivity contribution in [1.29, 1.82) is 0 Å². The quantitative estimate of drug-likeness (QED) is 0.290. The van der Waals surface area contributed by atoms with Gasteiger partial charge in [0.1, 0.15) is 0 Å². The lowest BCUT2D eigenvalue weighted by Gasteiger charge is -2.24. The van der Waals surface area contributed by atoms with Gasteiger partial charge in [0.15, 0.2) is 5.54 Å². The minimum Gasteiger partial charge on any atom is -0.452 e. The van der Waals surface area contributed by atoms with E-state index in [1.807, 2.05) is 79.7 Å². The topological polar surface area (TPSA) is 89.0 Å². The number of rotatable bonds is 6. The highest BCUT2D eigenvalue weighted by Crippen LogP contribution is 2.39. The molecule has 0 aromatic heterocycles. The highest BCUT2D eigenvalue weighted by molar-refractivity contribution is 6.08. The van der Waals surface area contributed by atoms with Crippen LogP contribution in [0.2, 0.25) is 0 Å². The molecule has 5 rings (SSSR count). The third-order valence-corrected chi connectivity index (χ3v) is 6.30. The maximum atomic E-state index is 13.6. The third-order valence-electron chi connectivity index (χ3n) is 6.30. The van der Waals surface area contributed by atoms with Crippen LogP contribution in [0.3, 0.4) is 0 Å². The Morgan fingerprint density at radius 3 is 2.42 bits per heavy atom. The molecule has 2 N–H and O–H groups in total. The fourth-order valence-electron chi connectivity index (χ4n) is 4.36. The van der Waals surface area contributed by atoms with Crippen LogP contribution in [0.1, 0.15) is 22.3 Å². The number of carbonyl (C=O) groups excluding carboxylic acids is 2. The van der Waals surface area contributed by atoms with Gasteiger partial charge in [0.05, 0.1) is 12.8 Å². The lowest BCUT2D eigenvalue weighted by molar-refractivity contribution is -0.139. The van der Waals surface area contributed by atoms with Crippen LogP contribution in [0.25, 0.3) is 10.8 Å². The molecule has 0 unspecified atom stereocenters. The molecule has 7 nitrogen and oxygen atoms in total. The van der Waals surface area contributed by atoms with Crippen LogP contribution >= 0.6 is 0 Å². The number of ether oxygens (including phenoxy) is 2. The Balaban J connectivity index is 1.58. The first-order chi connectivity index (χ1) is 17.5. The van der Waals surface area contributed by atoms with Gasteiger partial charge in [-0.3, -0.25) is 5.43 Å². The van der Waals surface area contributed by atoms with Gasteiger partial charge < -0.3 is 9.47 Å². The Bertz CT molecular complexity index is 1460.